The third kappa shape index (κ3) is 3.77. The number of carbonyl (C=O) groups excluding carboxylic acids is 1. The van der Waals surface area contributed by atoms with Gasteiger partial charge < -0.3 is 14.2 Å². The van der Waals surface area contributed by atoms with E-state index in [1.54, 1.807) is 21.3 Å². The van der Waals surface area contributed by atoms with Crippen molar-refractivity contribution >= 4 is 6.29 Å². The summed E-state index contributed by atoms with van der Waals surface area (Å²) in [6, 6.07) is 13.7. The van der Waals surface area contributed by atoms with Crippen molar-refractivity contribution in [2.24, 2.45) is 0 Å². The van der Waals surface area contributed by atoms with Gasteiger partial charge in [0.05, 0.1) is 21.3 Å². The molecule has 126 valence electrons. The molecule has 0 spiro atoms. The van der Waals surface area contributed by atoms with Gasteiger partial charge in [0, 0.05) is 5.92 Å². The Labute approximate surface area is 142 Å². The summed E-state index contributed by atoms with van der Waals surface area (Å²) in [7, 11) is 4.70. The SMILES string of the molecule is C=C(C=O)[C@H](Cc1ccccc1)c1cc(OC)c(OC)c(OC)c1. The van der Waals surface area contributed by atoms with Crippen molar-refractivity contribution in [2.75, 3.05) is 21.3 Å². The first-order chi connectivity index (χ1) is 11.6. The van der Waals surface area contributed by atoms with E-state index in [9.17, 15) is 4.79 Å². The van der Waals surface area contributed by atoms with Crippen LogP contribution in [0.15, 0.2) is 54.6 Å². The average molecular weight is 326 g/mol. The van der Waals surface area contributed by atoms with E-state index >= 15 is 0 Å². The van der Waals surface area contributed by atoms with E-state index in [-0.39, 0.29) is 5.92 Å². The molecule has 0 aliphatic heterocycles. The third-order valence-corrected chi connectivity index (χ3v) is 3.97. The fourth-order valence-corrected chi connectivity index (χ4v) is 2.70. The van der Waals surface area contributed by atoms with Gasteiger partial charge >= 0.3 is 0 Å². The standard InChI is InChI=1S/C20H22O4/c1-14(13-21)17(10-15-8-6-5-7-9-15)16-11-18(22-2)20(24-4)19(12-16)23-3/h5-9,11-13,17H,1,10H2,2-4H3/t17-/m0/s1. The summed E-state index contributed by atoms with van der Waals surface area (Å²) in [6.07, 6.45) is 1.47. The molecule has 4 heteroatoms. The Morgan fingerprint density at radius 2 is 1.62 bits per heavy atom. The maximum Gasteiger partial charge on any atom is 0.203 e. The number of aldehydes is 1. The lowest BCUT2D eigenvalue weighted by Gasteiger charge is -2.20. The predicted octanol–water partition coefficient (Wildman–Crippen LogP) is 3.79. The quantitative estimate of drug-likeness (QED) is 0.547. The highest BCUT2D eigenvalue weighted by molar-refractivity contribution is 5.75. The first-order valence-electron chi connectivity index (χ1n) is 7.62. The monoisotopic (exact) mass is 326 g/mol. The Balaban J connectivity index is 2.49. The van der Waals surface area contributed by atoms with Gasteiger partial charge in [0.2, 0.25) is 5.75 Å². The molecule has 0 bridgehead atoms. The van der Waals surface area contributed by atoms with Gasteiger partial charge in [0.1, 0.15) is 6.29 Å². The predicted molar refractivity (Wildman–Crippen MR) is 94.2 cm³/mol. The van der Waals surface area contributed by atoms with Crippen molar-refractivity contribution < 1.29 is 19.0 Å². The van der Waals surface area contributed by atoms with Gasteiger partial charge in [-0.05, 0) is 35.3 Å². The summed E-state index contributed by atoms with van der Waals surface area (Å²) in [5.74, 6) is 1.48. The Morgan fingerprint density at radius 3 is 2.08 bits per heavy atom. The molecular weight excluding hydrogens is 304 g/mol. The normalized spacial score (nSPS) is 11.5. The highest BCUT2D eigenvalue weighted by Crippen LogP contribution is 2.41. The van der Waals surface area contributed by atoms with Gasteiger partial charge in [-0.1, -0.05) is 36.9 Å². The Bertz CT molecular complexity index is 682. The highest BCUT2D eigenvalue weighted by Gasteiger charge is 2.21. The molecule has 2 rings (SSSR count). The highest BCUT2D eigenvalue weighted by atomic mass is 16.5. The average Bonchev–Trinajstić information content (AvgIpc) is 2.64. The van der Waals surface area contributed by atoms with Crippen LogP contribution in [0.5, 0.6) is 17.2 Å². The molecule has 0 saturated heterocycles. The van der Waals surface area contributed by atoms with Gasteiger partial charge in [-0.2, -0.15) is 0 Å². The van der Waals surface area contributed by atoms with Crippen molar-refractivity contribution in [2.45, 2.75) is 12.3 Å². The molecule has 0 amide bonds. The van der Waals surface area contributed by atoms with Crippen LogP contribution in [0.3, 0.4) is 0 Å². The van der Waals surface area contributed by atoms with E-state index in [0.717, 1.165) is 17.4 Å². The lowest BCUT2D eigenvalue weighted by atomic mass is 9.86. The van der Waals surface area contributed by atoms with Crippen molar-refractivity contribution in [1.82, 2.24) is 0 Å². The molecule has 0 aromatic heterocycles. The second-order valence-electron chi connectivity index (χ2n) is 5.39. The molecule has 0 radical (unpaired) electrons. The number of hydrogen-bond donors (Lipinski definition) is 0. The second kappa shape index (κ2) is 8.20. The van der Waals surface area contributed by atoms with E-state index in [1.807, 2.05) is 42.5 Å². The zero-order valence-electron chi connectivity index (χ0n) is 14.2. The summed E-state index contributed by atoms with van der Waals surface area (Å²) in [6.45, 7) is 3.92. The molecule has 0 aliphatic carbocycles. The van der Waals surface area contributed by atoms with Crippen LogP contribution in [0.2, 0.25) is 0 Å². The number of rotatable bonds is 8. The molecule has 4 nitrogen and oxygen atoms in total. The van der Waals surface area contributed by atoms with Crippen molar-refractivity contribution in [3.05, 3.63) is 65.7 Å². The summed E-state index contributed by atoms with van der Waals surface area (Å²) >= 11 is 0. The summed E-state index contributed by atoms with van der Waals surface area (Å²) in [4.78, 5) is 11.4. The van der Waals surface area contributed by atoms with Gasteiger partial charge in [0.15, 0.2) is 11.5 Å². The molecule has 0 N–H and O–H groups in total. The van der Waals surface area contributed by atoms with Crippen LogP contribution >= 0.6 is 0 Å². The van der Waals surface area contributed by atoms with Gasteiger partial charge in [0.25, 0.3) is 0 Å². The molecular formula is C20H22O4. The number of hydrogen-bond acceptors (Lipinski definition) is 4. The third-order valence-electron chi connectivity index (χ3n) is 3.97. The Hall–Kier alpha value is -2.75. The molecule has 1 atom stereocenters. The maximum absolute atomic E-state index is 11.4. The molecule has 0 fully saturated rings. The molecule has 24 heavy (non-hydrogen) atoms. The molecule has 0 saturated carbocycles. The van der Waals surface area contributed by atoms with E-state index < -0.39 is 0 Å². The largest absolute Gasteiger partial charge is 0.493 e. The van der Waals surface area contributed by atoms with Crippen LogP contribution in [0.25, 0.3) is 0 Å². The minimum absolute atomic E-state index is 0.168. The number of benzene rings is 2. The van der Waals surface area contributed by atoms with Crippen LogP contribution in [0, 0.1) is 0 Å². The molecule has 0 unspecified atom stereocenters. The van der Waals surface area contributed by atoms with Crippen LogP contribution in [-0.2, 0) is 11.2 Å². The first-order valence-corrected chi connectivity index (χ1v) is 7.62. The number of allylic oxidation sites excluding steroid dienone is 1. The summed E-state index contributed by atoms with van der Waals surface area (Å²) < 4.78 is 16.2. The number of ether oxygens (including phenoxy) is 3. The lowest BCUT2D eigenvalue weighted by Crippen LogP contribution is -2.08. The van der Waals surface area contributed by atoms with Gasteiger partial charge in [-0.25, -0.2) is 0 Å². The zero-order valence-corrected chi connectivity index (χ0v) is 14.2. The van der Waals surface area contributed by atoms with E-state index in [0.29, 0.717) is 29.2 Å². The van der Waals surface area contributed by atoms with Gasteiger partial charge in [-0.15, -0.1) is 0 Å². The first kappa shape index (κ1) is 17.6. The Kier molecular flexibility index (Phi) is 6.01. The zero-order chi connectivity index (χ0) is 17.5. The van der Waals surface area contributed by atoms with Crippen molar-refractivity contribution in [3.8, 4) is 17.2 Å². The maximum atomic E-state index is 11.4. The summed E-state index contributed by atoms with van der Waals surface area (Å²) in [5.41, 5.74) is 2.53. The Morgan fingerprint density at radius 1 is 1.04 bits per heavy atom. The fraction of sp³-hybridized carbons (Fsp3) is 0.250. The van der Waals surface area contributed by atoms with E-state index in [1.165, 1.54) is 0 Å². The number of carbonyl (C=O) groups is 1. The van der Waals surface area contributed by atoms with Crippen molar-refractivity contribution in [1.29, 1.82) is 0 Å². The number of methoxy groups -OCH3 is 3. The molecule has 2 aromatic rings. The van der Waals surface area contributed by atoms with E-state index in [2.05, 4.69) is 6.58 Å². The molecule has 0 aliphatic rings. The van der Waals surface area contributed by atoms with Crippen LogP contribution < -0.4 is 14.2 Å². The lowest BCUT2D eigenvalue weighted by molar-refractivity contribution is -0.105. The van der Waals surface area contributed by atoms with Gasteiger partial charge in [-0.3, -0.25) is 4.79 Å². The van der Waals surface area contributed by atoms with Crippen molar-refractivity contribution in [3.63, 3.8) is 0 Å². The fourth-order valence-electron chi connectivity index (χ4n) is 2.70. The second-order valence-corrected chi connectivity index (χ2v) is 5.39. The van der Waals surface area contributed by atoms with Crippen LogP contribution in [-0.4, -0.2) is 27.6 Å². The van der Waals surface area contributed by atoms with Crippen LogP contribution in [0.1, 0.15) is 17.0 Å². The molecule has 0 heterocycles. The smallest absolute Gasteiger partial charge is 0.203 e. The topological polar surface area (TPSA) is 44.8 Å². The molecule has 2 aromatic carbocycles. The van der Waals surface area contributed by atoms with Crippen LogP contribution in [0.4, 0.5) is 0 Å². The van der Waals surface area contributed by atoms with E-state index in [4.69, 9.17) is 14.2 Å². The minimum Gasteiger partial charge on any atom is -0.493 e. The summed E-state index contributed by atoms with van der Waals surface area (Å²) in [5, 5.41) is 0. The minimum atomic E-state index is -0.168.